The van der Waals surface area contributed by atoms with Crippen LogP contribution in [0.5, 0.6) is 0 Å². The molecule has 114 valence electrons. The van der Waals surface area contributed by atoms with Crippen LogP contribution in [0.1, 0.15) is 69.6 Å². The number of aryl methyl sites for hydroxylation is 3. The van der Waals surface area contributed by atoms with Crippen molar-refractivity contribution in [2.75, 3.05) is 0 Å². The number of unbranched alkanes of at least 4 members (excludes halogenated alkanes) is 2. The molecule has 1 heterocycles. The fourth-order valence-electron chi connectivity index (χ4n) is 3.05. The standard InChI is InChI=1S/C20H29N/c1-4-7-8-11-16-12-18(10-6-3)20-19(13-16)14-17(9-5-2)15-21-20/h12-15H,4-11H2,1-3H3. The fraction of sp³-hybridized carbons (Fsp3) is 0.550. The minimum atomic E-state index is 1.13. The Labute approximate surface area is 129 Å². The highest BCUT2D eigenvalue weighted by Gasteiger charge is 2.06. The van der Waals surface area contributed by atoms with Gasteiger partial charge in [0.1, 0.15) is 0 Å². The number of pyridine rings is 1. The first-order valence-electron chi connectivity index (χ1n) is 8.68. The largest absolute Gasteiger partial charge is 0.256 e. The quantitative estimate of drug-likeness (QED) is 0.552. The third kappa shape index (κ3) is 4.30. The molecular formula is C20H29N. The summed E-state index contributed by atoms with van der Waals surface area (Å²) in [6.07, 6.45) is 11.8. The van der Waals surface area contributed by atoms with Crippen molar-refractivity contribution in [3.8, 4) is 0 Å². The summed E-state index contributed by atoms with van der Waals surface area (Å²) in [6.45, 7) is 6.75. The summed E-state index contributed by atoms with van der Waals surface area (Å²) in [5.74, 6) is 0. The Hall–Kier alpha value is -1.37. The molecule has 0 aliphatic heterocycles. The van der Waals surface area contributed by atoms with Gasteiger partial charge in [-0.05, 0) is 54.5 Å². The van der Waals surface area contributed by atoms with Crippen molar-refractivity contribution in [2.24, 2.45) is 0 Å². The molecule has 0 atom stereocenters. The number of fused-ring (bicyclic) bond motifs is 1. The number of rotatable bonds is 8. The van der Waals surface area contributed by atoms with Crippen molar-refractivity contribution in [3.63, 3.8) is 0 Å². The summed E-state index contributed by atoms with van der Waals surface area (Å²) in [4.78, 5) is 4.76. The van der Waals surface area contributed by atoms with Gasteiger partial charge in [0.05, 0.1) is 5.52 Å². The molecule has 0 fully saturated rings. The van der Waals surface area contributed by atoms with Gasteiger partial charge in [-0.3, -0.25) is 4.98 Å². The molecule has 0 unspecified atom stereocenters. The van der Waals surface area contributed by atoms with Gasteiger partial charge < -0.3 is 0 Å². The molecule has 0 bridgehead atoms. The fourth-order valence-corrected chi connectivity index (χ4v) is 3.05. The third-order valence-electron chi connectivity index (χ3n) is 4.11. The first kappa shape index (κ1) is 16.0. The zero-order valence-electron chi connectivity index (χ0n) is 13.9. The van der Waals surface area contributed by atoms with E-state index in [9.17, 15) is 0 Å². The second-order valence-electron chi connectivity index (χ2n) is 6.13. The Bertz CT molecular complexity index is 571. The SMILES string of the molecule is CCCCCc1cc(CCC)c2ncc(CCC)cc2c1. The average molecular weight is 283 g/mol. The highest BCUT2D eigenvalue weighted by atomic mass is 14.7. The second-order valence-corrected chi connectivity index (χ2v) is 6.13. The number of aromatic nitrogens is 1. The van der Waals surface area contributed by atoms with Crippen molar-refractivity contribution in [3.05, 3.63) is 41.1 Å². The van der Waals surface area contributed by atoms with Crippen LogP contribution in [-0.4, -0.2) is 4.98 Å². The van der Waals surface area contributed by atoms with Gasteiger partial charge in [0.15, 0.2) is 0 Å². The minimum absolute atomic E-state index is 1.13. The molecule has 2 aromatic rings. The molecule has 1 nitrogen and oxygen atoms in total. The Morgan fingerprint density at radius 2 is 1.52 bits per heavy atom. The first-order chi connectivity index (χ1) is 10.3. The van der Waals surface area contributed by atoms with E-state index in [4.69, 9.17) is 4.98 Å². The van der Waals surface area contributed by atoms with Gasteiger partial charge >= 0.3 is 0 Å². The molecule has 0 spiro atoms. The highest BCUT2D eigenvalue weighted by Crippen LogP contribution is 2.23. The van der Waals surface area contributed by atoms with Crippen LogP contribution in [0.25, 0.3) is 10.9 Å². The molecule has 0 aliphatic rings. The van der Waals surface area contributed by atoms with Crippen molar-refractivity contribution in [1.29, 1.82) is 0 Å². The van der Waals surface area contributed by atoms with Gasteiger partial charge in [-0.1, -0.05) is 52.5 Å². The molecule has 2 rings (SSSR count). The van der Waals surface area contributed by atoms with Gasteiger partial charge in [-0.2, -0.15) is 0 Å². The molecule has 1 heteroatoms. The van der Waals surface area contributed by atoms with Gasteiger partial charge in [-0.15, -0.1) is 0 Å². The molecule has 0 N–H and O–H groups in total. The Balaban J connectivity index is 2.36. The summed E-state index contributed by atoms with van der Waals surface area (Å²) in [5, 5.41) is 1.35. The van der Waals surface area contributed by atoms with Crippen LogP contribution in [0.4, 0.5) is 0 Å². The van der Waals surface area contributed by atoms with Gasteiger partial charge in [0.25, 0.3) is 0 Å². The van der Waals surface area contributed by atoms with Gasteiger partial charge in [-0.25, -0.2) is 0 Å². The topological polar surface area (TPSA) is 12.9 Å². The highest BCUT2D eigenvalue weighted by molar-refractivity contribution is 5.83. The average Bonchev–Trinajstić information content (AvgIpc) is 2.48. The van der Waals surface area contributed by atoms with E-state index in [0.29, 0.717) is 0 Å². The number of benzene rings is 1. The monoisotopic (exact) mass is 283 g/mol. The summed E-state index contributed by atoms with van der Waals surface area (Å²) in [7, 11) is 0. The van der Waals surface area contributed by atoms with Crippen LogP contribution in [-0.2, 0) is 19.3 Å². The molecule has 0 aliphatic carbocycles. The van der Waals surface area contributed by atoms with Crippen LogP contribution in [0.15, 0.2) is 24.4 Å². The van der Waals surface area contributed by atoms with E-state index in [1.807, 2.05) is 0 Å². The van der Waals surface area contributed by atoms with Crippen molar-refractivity contribution < 1.29 is 0 Å². The molecule has 0 amide bonds. The zero-order valence-corrected chi connectivity index (χ0v) is 13.9. The molecule has 1 aromatic carbocycles. The molecule has 21 heavy (non-hydrogen) atoms. The molecular weight excluding hydrogens is 254 g/mol. The second kappa shape index (κ2) is 8.17. The zero-order chi connectivity index (χ0) is 15.1. The maximum absolute atomic E-state index is 4.76. The van der Waals surface area contributed by atoms with Crippen molar-refractivity contribution in [1.82, 2.24) is 4.98 Å². The van der Waals surface area contributed by atoms with Crippen LogP contribution in [0.2, 0.25) is 0 Å². The Kier molecular flexibility index (Phi) is 6.22. The number of nitrogens with zero attached hydrogens (tertiary/aromatic N) is 1. The van der Waals surface area contributed by atoms with E-state index in [2.05, 4.69) is 45.2 Å². The first-order valence-corrected chi connectivity index (χ1v) is 8.68. The lowest BCUT2D eigenvalue weighted by Crippen LogP contribution is -1.96. The van der Waals surface area contributed by atoms with E-state index in [1.54, 1.807) is 0 Å². The van der Waals surface area contributed by atoms with Crippen molar-refractivity contribution in [2.45, 2.75) is 72.1 Å². The van der Waals surface area contributed by atoms with E-state index in [-0.39, 0.29) is 0 Å². The van der Waals surface area contributed by atoms with E-state index in [1.165, 1.54) is 66.1 Å². The third-order valence-corrected chi connectivity index (χ3v) is 4.11. The van der Waals surface area contributed by atoms with Gasteiger partial charge in [0.2, 0.25) is 0 Å². The van der Waals surface area contributed by atoms with E-state index < -0.39 is 0 Å². The minimum Gasteiger partial charge on any atom is -0.256 e. The predicted octanol–water partition coefficient (Wildman–Crippen LogP) is 5.87. The normalized spacial score (nSPS) is 11.2. The maximum atomic E-state index is 4.76. The van der Waals surface area contributed by atoms with Crippen LogP contribution >= 0.6 is 0 Å². The lowest BCUT2D eigenvalue weighted by atomic mass is 9.97. The molecule has 0 radical (unpaired) electrons. The lowest BCUT2D eigenvalue weighted by molar-refractivity contribution is 0.717. The summed E-state index contributed by atoms with van der Waals surface area (Å²) >= 11 is 0. The number of hydrogen-bond donors (Lipinski definition) is 0. The summed E-state index contributed by atoms with van der Waals surface area (Å²) < 4.78 is 0. The summed E-state index contributed by atoms with van der Waals surface area (Å²) in [6, 6.07) is 7.12. The smallest absolute Gasteiger partial charge is 0.0734 e. The Morgan fingerprint density at radius 1 is 0.762 bits per heavy atom. The van der Waals surface area contributed by atoms with E-state index in [0.717, 1.165) is 12.8 Å². The van der Waals surface area contributed by atoms with Crippen LogP contribution in [0, 0.1) is 0 Å². The van der Waals surface area contributed by atoms with Crippen LogP contribution < -0.4 is 0 Å². The molecule has 1 aromatic heterocycles. The predicted molar refractivity (Wildman–Crippen MR) is 93.0 cm³/mol. The molecule has 0 saturated carbocycles. The maximum Gasteiger partial charge on any atom is 0.0734 e. The van der Waals surface area contributed by atoms with E-state index >= 15 is 0 Å². The van der Waals surface area contributed by atoms with Crippen LogP contribution in [0.3, 0.4) is 0 Å². The summed E-state index contributed by atoms with van der Waals surface area (Å²) in [5.41, 5.74) is 5.52. The lowest BCUT2D eigenvalue weighted by Gasteiger charge is -2.10. The molecule has 0 saturated heterocycles. The number of hydrogen-bond acceptors (Lipinski definition) is 1. The Morgan fingerprint density at radius 3 is 2.24 bits per heavy atom. The van der Waals surface area contributed by atoms with Gasteiger partial charge in [0, 0.05) is 11.6 Å². The van der Waals surface area contributed by atoms with Crippen molar-refractivity contribution >= 4 is 10.9 Å².